The minimum absolute atomic E-state index is 0.00645. The van der Waals surface area contributed by atoms with E-state index >= 15 is 0 Å². The summed E-state index contributed by atoms with van der Waals surface area (Å²) in [5.74, 6) is 1.55. The first-order valence-electron chi connectivity index (χ1n) is 13.2. The van der Waals surface area contributed by atoms with Crippen LogP contribution in [0.4, 0.5) is 5.69 Å². The van der Waals surface area contributed by atoms with Crippen molar-refractivity contribution in [1.29, 1.82) is 0 Å². The second-order valence-electron chi connectivity index (χ2n) is 9.87. The smallest absolute Gasteiger partial charge is 0.271 e. The van der Waals surface area contributed by atoms with E-state index in [4.69, 9.17) is 14.5 Å². The van der Waals surface area contributed by atoms with Gasteiger partial charge in [0.05, 0.1) is 35.4 Å². The summed E-state index contributed by atoms with van der Waals surface area (Å²) in [5, 5.41) is 11.1. The third kappa shape index (κ3) is 5.12. The molecular weight excluding hydrogens is 538 g/mol. The Balaban J connectivity index is 1.52. The number of fused-ring (bicyclic) bond motifs is 1. The molecule has 2 heterocycles. The van der Waals surface area contributed by atoms with Gasteiger partial charge in [0.2, 0.25) is 0 Å². The fourth-order valence-electron chi connectivity index (χ4n) is 5.39. The highest BCUT2D eigenvalue weighted by Gasteiger charge is 2.32. The fourth-order valence-corrected chi connectivity index (χ4v) is 6.39. The van der Waals surface area contributed by atoms with Crippen LogP contribution >= 0.6 is 11.3 Å². The standard InChI is InChI=1S/C32H27N3O5S/c1-39-25-14-8-20(9-15-25)18-23-4-3-5-27-29(23)33-32-34(30(27)22-10-16-26(40-2)17-11-22)31(36)28(41-32)19-21-6-12-24(13-7-21)35(37)38/h6-19,30H,3-5H2,1-2H3/b23-18+,28-19+. The molecule has 0 saturated heterocycles. The van der Waals surface area contributed by atoms with Gasteiger partial charge in [0.1, 0.15) is 11.5 Å². The molecule has 0 saturated carbocycles. The summed E-state index contributed by atoms with van der Waals surface area (Å²) in [6, 6.07) is 21.7. The van der Waals surface area contributed by atoms with Crippen LogP contribution in [0.2, 0.25) is 0 Å². The number of thiazole rings is 1. The van der Waals surface area contributed by atoms with Gasteiger partial charge in [-0.15, -0.1) is 0 Å². The Kier molecular flexibility index (Phi) is 7.11. The number of nitro groups is 1. The van der Waals surface area contributed by atoms with Crippen molar-refractivity contribution in [3.05, 3.63) is 136 Å². The van der Waals surface area contributed by atoms with Crippen LogP contribution in [0, 0.1) is 10.1 Å². The van der Waals surface area contributed by atoms with E-state index in [-0.39, 0.29) is 17.3 Å². The first-order valence-corrected chi connectivity index (χ1v) is 14.0. The number of hydrogen-bond acceptors (Lipinski definition) is 7. The molecule has 0 radical (unpaired) electrons. The summed E-state index contributed by atoms with van der Waals surface area (Å²) in [6.07, 6.45) is 6.63. The Morgan fingerprint density at radius 1 is 0.902 bits per heavy atom. The van der Waals surface area contributed by atoms with Gasteiger partial charge in [0, 0.05) is 12.1 Å². The Bertz CT molecular complexity index is 1870. The Morgan fingerprint density at radius 2 is 1.51 bits per heavy atom. The molecule has 1 aromatic heterocycles. The van der Waals surface area contributed by atoms with Gasteiger partial charge in [-0.3, -0.25) is 19.5 Å². The molecule has 1 aliphatic carbocycles. The molecule has 4 aromatic rings. The monoisotopic (exact) mass is 565 g/mol. The van der Waals surface area contributed by atoms with Crippen molar-refractivity contribution in [3.8, 4) is 11.5 Å². The van der Waals surface area contributed by atoms with Crippen molar-refractivity contribution >= 4 is 29.2 Å². The van der Waals surface area contributed by atoms with Crippen LogP contribution in [0.25, 0.3) is 12.2 Å². The van der Waals surface area contributed by atoms with Crippen molar-refractivity contribution < 1.29 is 14.4 Å². The molecule has 2 aliphatic rings. The number of non-ortho nitro benzene ring substituents is 1. The van der Waals surface area contributed by atoms with Gasteiger partial charge in [-0.25, -0.2) is 4.99 Å². The quantitative estimate of drug-likeness (QED) is 0.230. The maximum absolute atomic E-state index is 13.9. The van der Waals surface area contributed by atoms with Crippen LogP contribution in [0.15, 0.2) is 99.4 Å². The number of benzene rings is 3. The predicted octanol–water partition coefficient (Wildman–Crippen LogP) is 5.41. The van der Waals surface area contributed by atoms with Crippen LogP contribution in [0.5, 0.6) is 11.5 Å². The molecule has 0 amide bonds. The first kappa shape index (κ1) is 26.5. The number of aromatic nitrogens is 1. The Morgan fingerprint density at radius 3 is 2.15 bits per heavy atom. The average Bonchev–Trinajstić information content (AvgIpc) is 3.31. The van der Waals surface area contributed by atoms with Crippen LogP contribution in [-0.4, -0.2) is 23.7 Å². The van der Waals surface area contributed by atoms with Gasteiger partial charge in [-0.05, 0) is 95.6 Å². The summed E-state index contributed by atoms with van der Waals surface area (Å²) in [6.45, 7) is 0. The second-order valence-corrected chi connectivity index (χ2v) is 10.9. The fraction of sp³-hybridized carbons (Fsp3) is 0.188. The minimum atomic E-state index is -0.436. The summed E-state index contributed by atoms with van der Waals surface area (Å²) in [5.41, 5.74) is 5.84. The van der Waals surface area contributed by atoms with Gasteiger partial charge in [-0.2, -0.15) is 0 Å². The van der Waals surface area contributed by atoms with Crippen molar-refractivity contribution in [2.24, 2.45) is 4.99 Å². The molecule has 1 atom stereocenters. The van der Waals surface area contributed by atoms with Crippen molar-refractivity contribution in [2.75, 3.05) is 14.2 Å². The molecule has 0 N–H and O–H groups in total. The number of rotatable bonds is 6. The van der Waals surface area contributed by atoms with E-state index in [1.54, 1.807) is 37.0 Å². The van der Waals surface area contributed by atoms with Gasteiger partial charge in [-0.1, -0.05) is 35.6 Å². The van der Waals surface area contributed by atoms with Crippen LogP contribution in [-0.2, 0) is 0 Å². The lowest BCUT2D eigenvalue weighted by Gasteiger charge is -2.31. The molecule has 41 heavy (non-hydrogen) atoms. The molecule has 0 spiro atoms. The van der Waals surface area contributed by atoms with E-state index in [1.165, 1.54) is 23.5 Å². The third-order valence-electron chi connectivity index (χ3n) is 7.42. The maximum Gasteiger partial charge on any atom is 0.271 e. The van der Waals surface area contributed by atoms with E-state index < -0.39 is 4.92 Å². The average molecular weight is 566 g/mol. The molecule has 0 bridgehead atoms. The maximum atomic E-state index is 13.9. The van der Waals surface area contributed by atoms with Gasteiger partial charge < -0.3 is 9.47 Å². The summed E-state index contributed by atoms with van der Waals surface area (Å²) in [4.78, 5) is 30.3. The molecule has 8 nitrogen and oxygen atoms in total. The van der Waals surface area contributed by atoms with Crippen molar-refractivity contribution in [2.45, 2.75) is 25.3 Å². The van der Waals surface area contributed by atoms with E-state index in [2.05, 4.69) is 6.08 Å². The van der Waals surface area contributed by atoms with E-state index in [0.717, 1.165) is 58.7 Å². The molecule has 6 rings (SSSR count). The molecule has 9 heteroatoms. The number of nitrogens with zero attached hydrogens (tertiary/aromatic N) is 3. The minimum Gasteiger partial charge on any atom is -0.497 e. The van der Waals surface area contributed by atoms with Crippen LogP contribution < -0.4 is 24.4 Å². The largest absolute Gasteiger partial charge is 0.497 e. The zero-order valence-corrected chi connectivity index (χ0v) is 23.4. The SMILES string of the molecule is COc1ccc(/C=C2\CCCC3=C2N=c2s/c(=C/c4ccc([N+](=O)[O-])cc4)c(=O)n2C3c2ccc(OC)cc2)cc1. The third-order valence-corrected chi connectivity index (χ3v) is 8.41. The molecule has 3 aromatic carbocycles. The Labute approximate surface area is 240 Å². The van der Waals surface area contributed by atoms with E-state index in [1.807, 2.05) is 48.5 Å². The number of allylic oxidation sites excluding steroid dienone is 2. The summed E-state index contributed by atoms with van der Waals surface area (Å²) >= 11 is 1.33. The summed E-state index contributed by atoms with van der Waals surface area (Å²) in [7, 11) is 3.29. The van der Waals surface area contributed by atoms with Gasteiger partial charge in [0.25, 0.3) is 11.2 Å². The highest BCUT2D eigenvalue weighted by molar-refractivity contribution is 7.07. The lowest BCUT2D eigenvalue weighted by molar-refractivity contribution is -0.384. The summed E-state index contributed by atoms with van der Waals surface area (Å²) < 4.78 is 13.0. The predicted molar refractivity (Wildman–Crippen MR) is 159 cm³/mol. The Hall–Kier alpha value is -4.76. The topological polar surface area (TPSA) is 96.0 Å². The molecular formula is C32H27N3O5S. The zero-order valence-electron chi connectivity index (χ0n) is 22.6. The molecule has 206 valence electrons. The zero-order chi connectivity index (χ0) is 28.5. The van der Waals surface area contributed by atoms with E-state index in [9.17, 15) is 14.9 Å². The molecule has 1 aliphatic heterocycles. The number of ether oxygens (including phenoxy) is 2. The van der Waals surface area contributed by atoms with Crippen molar-refractivity contribution in [3.63, 3.8) is 0 Å². The molecule has 1 unspecified atom stereocenters. The lowest BCUT2D eigenvalue weighted by atomic mass is 9.84. The van der Waals surface area contributed by atoms with Crippen LogP contribution in [0.3, 0.4) is 0 Å². The highest BCUT2D eigenvalue weighted by atomic mass is 32.1. The van der Waals surface area contributed by atoms with Crippen LogP contribution in [0.1, 0.15) is 42.0 Å². The first-order chi connectivity index (χ1) is 19.9. The van der Waals surface area contributed by atoms with E-state index in [0.29, 0.717) is 14.9 Å². The van der Waals surface area contributed by atoms with Gasteiger partial charge in [0.15, 0.2) is 4.80 Å². The number of methoxy groups -OCH3 is 2. The highest BCUT2D eigenvalue weighted by Crippen LogP contribution is 2.41. The molecule has 0 fully saturated rings. The number of nitro benzene ring substituents is 1. The number of hydrogen-bond donors (Lipinski definition) is 0. The second kappa shape index (κ2) is 11.0. The lowest BCUT2D eigenvalue weighted by Crippen LogP contribution is -2.39. The van der Waals surface area contributed by atoms with Crippen molar-refractivity contribution in [1.82, 2.24) is 4.57 Å². The van der Waals surface area contributed by atoms with Gasteiger partial charge >= 0.3 is 0 Å². The normalized spacial score (nSPS) is 17.6.